The van der Waals surface area contributed by atoms with Crippen molar-refractivity contribution in [3.63, 3.8) is 0 Å². The largest absolute Gasteiger partial charge is 0.297 e. The van der Waals surface area contributed by atoms with Crippen LogP contribution in [0.3, 0.4) is 0 Å². The molecule has 0 fully saturated rings. The van der Waals surface area contributed by atoms with E-state index in [-0.39, 0.29) is 11.3 Å². The van der Waals surface area contributed by atoms with Crippen LogP contribution in [0.4, 0.5) is 4.39 Å². The van der Waals surface area contributed by atoms with Crippen molar-refractivity contribution in [3.8, 4) is 0 Å². The first-order chi connectivity index (χ1) is 7.45. The van der Waals surface area contributed by atoms with Gasteiger partial charge in [0.15, 0.2) is 0 Å². The highest BCUT2D eigenvalue weighted by Crippen LogP contribution is 2.16. The van der Waals surface area contributed by atoms with Crippen LogP contribution in [-0.4, -0.2) is 21.2 Å². The van der Waals surface area contributed by atoms with Gasteiger partial charge < -0.3 is 0 Å². The summed E-state index contributed by atoms with van der Waals surface area (Å²) in [6.07, 6.45) is -0.568. The van der Waals surface area contributed by atoms with Gasteiger partial charge in [-0.05, 0) is 26.0 Å². The second kappa shape index (κ2) is 5.41. The first-order valence-electron chi connectivity index (χ1n) is 5.01. The minimum absolute atomic E-state index is 0.0745. The number of halogens is 1. The molecule has 3 nitrogen and oxygen atoms in total. The summed E-state index contributed by atoms with van der Waals surface area (Å²) in [4.78, 5) is 0.101. The summed E-state index contributed by atoms with van der Waals surface area (Å²) in [5.41, 5.74) is 0.968. The minimum atomic E-state index is -3.77. The third kappa shape index (κ3) is 3.57. The Bertz CT molecular complexity index is 425. The van der Waals surface area contributed by atoms with Gasteiger partial charge in [-0.1, -0.05) is 17.7 Å². The van der Waals surface area contributed by atoms with E-state index in [1.54, 1.807) is 12.1 Å². The second-order valence-corrected chi connectivity index (χ2v) is 5.22. The lowest BCUT2D eigenvalue weighted by atomic mass is 10.2. The van der Waals surface area contributed by atoms with Crippen LogP contribution in [0.2, 0.25) is 0 Å². The molecule has 0 saturated carbocycles. The summed E-state index contributed by atoms with van der Waals surface area (Å²) >= 11 is 0. The molecule has 1 aromatic rings. The molecule has 0 aliphatic rings. The number of benzene rings is 1. The first kappa shape index (κ1) is 13.1. The Kier molecular flexibility index (Phi) is 4.44. The summed E-state index contributed by atoms with van der Waals surface area (Å²) in [6.45, 7) is 2.80. The van der Waals surface area contributed by atoms with E-state index >= 15 is 0 Å². The van der Waals surface area contributed by atoms with Crippen LogP contribution in [0, 0.1) is 6.92 Å². The van der Waals surface area contributed by atoms with Crippen molar-refractivity contribution in [3.05, 3.63) is 29.8 Å². The van der Waals surface area contributed by atoms with Gasteiger partial charge in [0, 0.05) is 6.42 Å². The molecule has 90 valence electrons. The smallest absolute Gasteiger partial charge is 0.263 e. The summed E-state index contributed by atoms with van der Waals surface area (Å²) in [5, 5.41) is 0. The van der Waals surface area contributed by atoms with Crippen molar-refractivity contribution in [2.75, 3.05) is 6.67 Å². The highest BCUT2D eigenvalue weighted by atomic mass is 32.2. The van der Waals surface area contributed by atoms with Crippen molar-refractivity contribution in [1.29, 1.82) is 0 Å². The molecule has 0 bridgehead atoms. The Labute approximate surface area is 95.4 Å². The lowest BCUT2D eigenvalue weighted by Gasteiger charge is -2.11. The third-order valence-electron chi connectivity index (χ3n) is 2.12. The van der Waals surface area contributed by atoms with E-state index < -0.39 is 22.9 Å². The van der Waals surface area contributed by atoms with Crippen LogP contribution in [0.1, 0.15) is 18.9 Å². The number of alkyl halides is 1. The molecular formula is C11H15FO3S. The minimum Gasteiger partial charge on any atom is -0.263 e. The van der Waals surface area contributed by atoms with Gasteiger partial charge in [-0.15, -0.1) is 0 Å². The second-order valence-electron chi connectivity index (χ2n) is 3.65. The maximum atomic E-state index is 12.0. The Morgan fingerprint density at radius 2 is 1.88 bits per heavy atom. The van der Waals surface area contributed by atoms with Gasteiger partial charge in [-0.2, -0.15) is 8.42 Å². The average Bonchev–Trinajstić information content (AvgIpc) is 2.17. The number of aryl methyl sites for hydroxylation is 1. The lowest BCUT2D eigenvalue weighted by Crippen LogP contribution is -2.16. The van der Waals surface area contributed by atoms with Gasteiger partial charge in [0.05, 0.1) is 17.7 Å². The van der Waals surface area contributed by atoms with Crippen molar-refractivity contribution in [1.82, 2.24) is 0 Å². The van der Waals surface area contributed by atoms with E-state index in [1.807, 2.05) is 6.92 Å². The van der Waals surface area contributed by atoms with E-state index in [4.69, 9.17) is 4.18 Å². The van der Waals surface area contributed by atoms with Gasteiger partial charge in [0.25, 0.3) is 10.1 Å². The zero-order chi connectivity index (χ0) is 12.2. The van der Waals surface area contributed by atoms with E-state index in [0.717, 1.165) is 5.56 Å². The molecule has 0 heterocycles. The topological polar surface area (TPSA) is 43.4 Å². The quantitative estimate of drug-likeness (QED) is 0.749. The molecule has 1 rings (SSSR count). The fourth-order valence-electron chi connectivity index (χ4n) is 1.18. The standard InChI is InChI=1S/C11H15FO3S/c1-9-3-5-11(6-4-9)16(13,14)15-10(2)7-8-12/h3-6,10H,7-8H2,1-2H3. The Hall–Kier alpha value is -0.940. The van der Waals surface area contributed by atoms with Crippen molar-refractivity contribution < 1.29 is 17.0 Å². The van der Waals surface area contributed by atoms with E-state index in [1.165, 1.54) is 19.1 Å². The number of hydrogen-bond acceptors (Lipinski definition) is 3. The molecule has 16 heavy (non-hydrogen) atoms. The molecule has 5 heteroatoms. The maximum Gasteiger partial charge on any atom is 0.297 e. The van der Waals surface area contributed by atoms with Crippen LogP contribution in [0.5, 0.6) is 0 Å². The molecule has 0 saturated heterocycles. The van der Waals surface area contributed by atoms with Gasteiger partial charge in [-0.3, -0.25) is 8.57 Å². The zero-order valence-corrected chi connectivity index (χ0v) is 10.1. The third-order valence-corrected chi connectivity index (χ3v) is 3.55. The molecule has 0 spiro atoms. The van der Waals surface area contributed by atoms with Crippen molar-refractivity contribution in [2.45, 2.75) is 31.3 Å². The number of hydrogen-bond donors (Lipinski definition) is 0. The van der Waals surface area contributed by atoms with Gasteiger partial charge in [0.1, 0.15) is 0 Å². The van der Waals surface area contributed by atoms with Crippen molar-refractivity contribution in [2.24, 2.45) is 0 Å². The molecule has 0 aliphatic heterocycles. The molecule has 0 amide bonds. The molecular weight excluding hydrogens is 231 g/mol. The Balaban J connectivity index is 2.82. The van der Waals surface area contributed by atoms with Gasteiger partial charge in [0.2, 0.25) is 0 Å². The molecule has 1 atom stereocenters. The molecule has 0 N–H and O–H groups in total. The fourth-order valence-corrected chi connectivity index (χ4v) is 2.29. The summed E-state index contributed by atoms with van der Waals surface area (Å²) in [6, 6.07) is 6.34. The van der Waals surface area contributed by atoms with Crippen molar-refractivity contribution >= 4 is 10.1 Å². The predicted molar refractivity (Wildman–Crippen MR) is 59.5 cm³/mol. The average molecular weight is 246 g/mol. The van der Waals surface area contributed by atoms with Crippen LogP contribution >= 0.6 is 0 Å². The molecule has 1 unspecified atom stereocenters. The number of rotatable bonds is 5. The van der Waals surface area contributed by atoms with E-state index in [9.17, 15) is 12.8 Å². The van der Waals surface area contributed by atoms with E-state index in [2.05, 4.69) is 0 Å². The molecule has 0 aliphatic carbocycles. The first-order valence-corrected chi connectivity index (χ1v) is 6.42. The van der Waals surface area contributed by atoms with Gasteiger partial charge in [-0.25, -0.2) is 0 Å². The highest BCUT2D eigenvalue weighted by Gasteiger charge is 2.18. The summed E-state index contributed by atoms with van der Waals surface area (Å²) in [7, 11) is -3.77. The normalized spacial score (nSPS) is 13.7. The molecule has 0 aromatic heterocycles. The predicted octanol–water partition coefficient (Wildman–Crippen LogP) is 2.45. The maximum absolute atomic E-state index is 12.0. The Morgan fingerprint density at radius 3 is 2.38 bits per heavy atom. The lowest BCUT2D eigenvalue weighted by molar-refractivity contribution is 0.204. The Morgan fingerprint density at radius 1 is 1.31 bits per heavy atom. The molecule has 0 radical (unpaired) electrons. The molecule has 1 aromatic carbocycles. The summed E-state index contributed by atoms with van der Waals surface area (Å²) < 4.78 is 40.2. The fraction of sp³-hybridized carbons (Fsp3) is 0.455. The van der Waals surface area contributed by atoms with Crippen LogP contribution in [0.15, 0.2) is 29.2 Å². The monoisotopic (exact) mass is 246 g/mol. The van der Waals surface area contributed by atoms with Crippen LogP contribution < -0.4 is 0 Å². The highest BCUT2D eigenvalue weighted by molar-refractivity contribution is 7.86. The van der Waals surface area contributed by atoms with Crippen LogP contribution in [0.25, 0.3) is 0 Å². The van der Waals surface area contributed by atoms with Crippen LogP contribution in [-0.2, 0) is 14.3 Å². The summed E-state index contributed by atoms with van der Waals surface area (Å²) in [5.74, 6) is 0. The zero-order valence-electron chi connectivity index (χ0n) is 9.31. The SMILES string of the molecule is Cc1ccc(S(=O)(=O)OC(C)CCF)cc1. The van der Waals surface area contributed by atoms with Gasteiger partial charge >= 0.3 is 0 Å². The van der Waals surface area contributed by atoms with E-state index in [0.29, 0.717) is 0 Å².